The Kier molecular flexibility index (Phi) is 9.23. The number of alkyl carbamates (subject to hydrolysis) is 1. The Morgan fingerprint density at radius 1 is 0.800 bits per heavy atom. The van der Waals surface area contributed by atoms with Crippen LogP contribution < -0.4 is 10.6 Å². The highest BCUT2D eigenvalue weighted by molar-refractivity contribution is 5.90. The monoisotopic (exact) mass is 476 g/mol. The molecule has 0 radical (unpaired) electrons. The molecule has 0 fully saturated rings. The first kappa shape index (κ1) is 25.7. The zero-order valence-corrected chi connectivity index (χ0v) is 20.3. The van der Waals surface area contributed by atoms with Gasteiger partial charge in [-0.05, 0) is 34.2 Å². The summed E-state index contributed by atoms with van der Waals surface area (Å²) in [5.41, 5.74) is 1.73. The molecule has 2 N–H and O–H groups in total. The number of methoxy groups -OCH3 is 1. The van der Waals surface area contributed by atoms with Crippen LogP contribution in [0.1, 0.15) is 31.4 Å². The molecule has 0 bridgehead atoms. The highest BCUT2D eigenvalue weighted by Crippen LogP contribution is 2.17. The van der Waals surface area contributed by atoms with Gasteiger partial charge in [-0.25, -0.2) is 9.59 Å². The van der Waals surface area contributed by atoms with Crippen LogP contribution >= 0.6 is 0 Å². The number of carbonyl (C=O) groups excluding carboxylic acids is 3. The van der Waals surface area contributed by atoms with Crippen molar-refractivity contribution < 1.29 is 23.9 Å². The third-order valence-corrected chi connectivity index (χ3v) is 5.58. The summed E-state index contributed by atoms with van der Waals surface area (Å²) >= 11 is 0. The fraction of sp³-hybridized carbons (Fsp3) is 0.321. The SMILES string of the molecule is COC(=O)[C@H](Cc1ccc2ccccc2c1)NC(=O)[C@H](CC(C)C)NC(=O)OCc1ccccc1. The maximum absolute atomic E-state index is 13.1. The normalized spacial score (nSPS) is 12.6. The van der Waals surface area contributed by atoms with E-state index in [4.69, 9.17) is 9.47 Å². The minimum absolute atomic E-state index is 0.0927. The maximum atomic E-state index is 13.1. The lowest BCUT2D eigenvalue weighted by molar-refractivity contribution is -0.145. The molecule has 7 heteroatoms. The minimum atomic E-state index is -0.898. The van der Waals surface area contributed by atoms with E-state index in [-0.39, 0.29) is 18.9 Å². The van der Waals surface area contributed by atoms with Crippen molar-refractivity contribution in [2.75, 3.05) is 7.11 Å². The molecular weight excluding hydrogens is 444 g/mol. The van der Waals surface area contributed by atoms with Crippen molar-refractivity contribution in [1.82, 2.24) is 10.6 Å². The van der Waals surface area contributed by atoms with E-state index in [0.29, 0.717) is 6.42 Å². The fourth-order valence-electron chi connectivity index (χ4n) is 3.82. The summed E-state index contributed by atoms with van der Waals surface area (Å²) in [6, 6.07) is 21.3. The summed E-state index contributed by atoms with van der Waals surface area (Å²) in [4.78, 5) is 38.0. The Balaban J connectivity index is 1.67. The number of benzene rings is 3. The van der Waals surface area contributed by atoms with E-state index in [1.165, 1.54) is 7.11 Å². The molecule has 0 saturated carbocycles. The number of rotatable bonds is 10. The van der Waals surface area contributed by atoms with Crippen LogP contribution in [0.15, 0.2) is 72.8 Å². The first-order valence-electron chi connectivity index (χ1n) is 11.7. The number of hydrogen-bond donors (Lipinski definition) is 2. The highest BCUT2D eigenvalue weighted by Gasteiger charge is 2.28. The summed E-state index contributed by atoms with van der Waals surface area (Å²) in [6.07, 6.45) is -0.0505. The van der Waals surface area contributed by atoms with Crippen molar-refractivity contribution in [1.29, 1.82) is 0 Å². The average Bonchev–Trinajstić information content (AvgIpc) is 2.86. The molecule has 2 atom stereocenters. The molecule has 0 saturated heterocycles. The van der Waals surface area contributed by atoms with Gasteiger partial charge < -0.3 is 20.1 Å². The lowest BCUT2D eigenvalue weighted by atomic mass is 10.00. The molecule has 0 heterocycles. The number of fused-ring (bicyclic) bond motifs is 1. The van der Waals surface area contributed by atoms with E-state index >= 15 is 0 Å². The van der Waals surface area contributed by atoms with Gasteiger partial charge in [-0.3, -0.25) is 4.79 Å². The van der Waals surface area contributed by atoms with Crippen LogP contribution in [0.5, 0.6) is 0 Å². The van der Waals surface area contributed by atoms with Gasteiger partial charge in [0.2, 0.25) is 5.91 Å². The van der Waals surface area contributed by atoms with Crippen LogP contribution in [0, 0.1) is 5.92 Å². The second-order valence-corrected chi connectivity index (χ2v) is 8.86. The molecule has 0 aliphatic heterocycles. The summed E-state index contributed by atoms with van der Waals surface area (Å²) < 4.78 is 10.2. The lowest BCUT2D eigenvalue weighted by Crippen LogP contribution is -2.53. The number of amides is 2. The van der Waals surface area contributed by atoms with Gasteiger partial charge in [-0.1, -0.05) is 86.6 Å². The second-order valence-electron chi connectivity index (χ2n) is 8.86. The number of esters is 1. The Morgan fingerprint density at radius 2 is 1.49 bits per heavy atom. The van der Waals surface area contributed by atoms with Crippen LogP contribution in [0.3, 0.4) is 0 Å². The van der Waals surface area contributed by atoms with Gasteiger partial charge in [-0.2, -0.15) is 0 Å². The Labute approximate surface area is 205 Å². The quantitative estimate of drug-likeness (QED) is 0.424. The summed E-state index contributed by atoms with van der Waals surface area (Å²) in [5.74, 6) is -0.898. The molecule has 0 unspecified atom stereocenters. The van der Waals surface area contributed by atoms with Crippen molar-refractivity contribution >= 4 is 28.7 Å². The summed E-state index contributed by atoms with van der Waals surface area (Å²) in [5, 5.41) is 7.54. The molecular formula is C28H32N2O5. The standard InChI is InChI=1S/C28H32N2O5/c1-19(2)15-24(30-28(33)35-18-20-9-5-4-6-10-20)26(31)29-25(27(32)34-3)17-21-13-14-22-11-7-8-12-23(22)16-21/h4-14,16,19,24-25H,15,17-18H2,1-3H3,(H,29,31)(H,30,33)/t24-,25-/m0/s1. The van der Waals surface area contributed by atoms with E-state index in [2.05, 4.69) is 10.6 Å². The van der Waals surface area contributed by atoms with Crippen molar-refractivity contribution in [3.05, 3.63) is 83.9 Å². The van der Waals surface area contributed by atoms with Gasteiger partial charge in [0.25, 0.3) is 0 Å². The largest absolute Gasteiger partial charge is 0.467 e. The first-order chi connectivity index (χ1) is 16.9. The molecule has 3 aromatic rings. The minimum Gasteiger partial charge on any atom is -0.467 e. The van der Waals surface area contributed by atoms with Crippen molar-refractivity contribution in [3.8, 4) is 0 Å². The van der Waals surface area contributed by atoms with E-state index in [1.54, 1.807) is 0 Å². The predicted molar refractivity (Wildman–Crippen MR) is 135 cm³/mol. The molecule has 184 valence electrons. The van der Waals surface area contributed by atoms with E-state index in [9.17, 15) is 14.4 Å². The second kappa shape index (κ2) is 12.6. The topological polar surface area (TPSA) is 93.7 Å². The smallest absolute Gasteiger partial charge is 0.408 e. The van der Waals surface area contributed by atoms with Crippen LogP contribution in [-0.2, 0) is 32.1 Å². The summed E-state index contributed by atoms with van der Waals surface area (Å²) in [7, 11) is 1.28. The number of hydrogen-bond acceptors (Lipinski definition) is 5. The van der Waals surface area contributed by atoms with Gasteiger partial charge in [0.15, 0.2) is 0 Å². The Hall–Kier alpha value is -3.87. The average molecular weight is 477 g/mol. The predicted octanol–water partition coefficient (Wildman–Crippen LogP) is 4.38. The van der Waals surface area contributed by atoms with Gasteiger partial charge in [0.1, 0.15) is 18.7 Å². The molecule has 0 aromatic heterocycles. The molecule has 0 spiro atoms. The third-order valence-electron chi connectivity index (χ3n) is 5.58. The van der Waals surface area contributed by atoms with Crippen LogP contribution in [0.2, 0.25) is 0 Å². The molecule has 0 aliphatic rings. The molecule has 7 nitrogen and oxygen atoms in total. The van der Waals surface area contributed by atoms with Crippen LogP contribution in [-0.4, -0.2) is 37.2 Å². The van der Waals surface area contributed by atoms with Gasteiger partial charge in [0, 0.05) is 6.42 Å². The first-order valence-corrected chi connectivity index (χ1v) is 11.7. The lowest BCUT2D eigenvalue weighted by Gasteiger charge is -2.23. The van der Waals surface area contributed by atoms with E-state index in [1.807, 2.05) is 86.6 Å². The van der Waals surface area contributed by atoms with Gasteiger partial charge >= 0.3 is 12.1 Å². The Bertz CT molecular complexity index is 1150. The van der Waals surface area contributed by atoms with Crippen molar-refractivity contribution in [3.63, 3.8) is 0 Å². The maximum Gasteiger partial charge on any atom is 0.408 e. The molecule has 3 aromatic carbocycles. The zero-order valence-electron chi connectivity index (χ0n) is 20.3. The van der Waals surface area contributed by atoms with Crippen molar-refractivity contribution in [2.24, 2.45) is 5.92 Å². The number of nitrogens with one attached hydrogen (secondary N) is 2. The van der Waals surface area contributed by atoms with E-state index in [0.717, 1.165) is 21.9 Å². The molecule has 35 heavy (non-hydrogen) atoms. The van der Waals surface area contributed by atoms with Gasteiger partial charge in [-0.15, -0.1) is 0 Å². The van der Waals surface area contributed by atoms with Crippen LogP contribution in [0.25, 0.3) is 10.8 Å². The van der Waals surface area contributed by atoms with Crippen molar-refractivity contribution in [2.45, 2.75) is 45.4 Å². The highest BCUT2D eigenvalue weighted by atomic mass is 16.5. The number of carbonyl (C=O) groups is 3. The van der Waals surface area contributed by atoms with Gasteiger partial charge in [0.05, 0.1) is 7.11 Å². The van der Waals surface area contributed by atoms with E-state index < -0.39 is 30.1 Å². The zero-order chi connectivity index (χ0) is 25.2. The molecule has 0 aliphatic carbocycles. The molecule has 3 rings (SSSR count). The van der Waals surface area contributed by atoms with Crippen LogP contribution in [0.4, 0.5) is 4.79 Å². The third kappa shape index (κ3) is 7.84. The molecule has 2 amide bonds. The summed E-state index contributed by atoms with van der Waals surface area (Å²) in [6.45, 7) is 3.99. The fourth-order valence-corrected chi connectivity index (χ4v) is 3.82. The number of ether oxygens (including phenoxy) is 2. The Morgan fingerprint density at radius 3 is 2.17 bits per heavy atom.